The summed E-state index contributed by atoms with van der Waals surface area (Å²) >= 11 is 5.92. The van der Waals surface area contributed by atoms with Crippen LogP contribution in [-0.2, 0) is 0 Å². The summed E-state index contributed by atoms with van der Waals surface area (Å²) in [4.78, 5) is 14.8. The van der Waals surface area contributed by atoms with Crippen LogP contribution in [0.1, 0.15) is 62.2 Å². The van der Waals surface area contributed by atoms with Gasteiger partial charge in [0.25, 0.3) is 0 Å². The molecule has 0 N–H and O–H groups in total. The first-order valence-corrected chi connectivity index (χ1v) is 10.3. The minimum Gasteiger partial charge on any atom is -0.296 e. The molecule has 0 spiro atoms. The van der Waals surface area contributed by atoms with E-state index < -0.39 is 0 Å². The number of likely N-dealkylation sites (N-methyl/N-ethyl adjacent to an activating group) is 1. The van der Waals surface area contributed by atoms with Crippen molar-refractivity contribution in [2.24, 2.45) is 23.2 Å². The summed E-state index contributed by atoms with van der Waals surface area (Å²) in [5.41, 5.74) is 1.34. The molecule has 1 atom stereocenters. The van der Waals surface area contributed by atoms with Crippen molar-refractivity contribution >= 4 is 17.4 Å². The number of Topliss-reactive ketones (excluding diaryl/α,β-unsaturated/α-hetero) is 1. The fourth-order valence-corrected chi connectivity index (χ4v) is 6.56. The van der Waals surface area contributed by atoms with Crippen LogP contribution in [0.4, 0.5) is 0 Å². The van der Waals surface area contributed by atoms with Gasteiger partial charge < -0.3 is 0 Å². The maximum Gasteiger partial charge on any atom is 0.176 e. The summed E-state index contributed by atoms with van der Waals surface area (Å²) in [5, 5.41) is 0.681. The Labute approximate surface area is 156 Å². The van der Waals surface area contributed by atoms with Crippen LogP contribution < -0.4 is 0 Å². The Morgan fingerprint density at radius 1 is 1.12 bits per heavy atom. The second-order valence-electron chi connectivity index (χ2n) is 9.32. The zero-order chi connectivity index (χ0) is 17.6. The Hall–Kier alpha value is -0.860. The molecule has 1 aromatic rings. The van der Waals surface area contributed by atoms with E-state index in [4.69, 9.17) is 11.6 Å². The Bertz CT molecular complexity index is 603. The number of carbonyl (C=O) groups is 1. The standard InChI is InChI=1S/C22H30ClNO/c1-15(24(2)14-21(25)19-3-5-20(23)6-4-19)10-22-11-16-7-17(12-22)9-18(8-16)13-22/h3-6,15-18H,7-14H2,1-2H3. The van der Waals surface area contributed by atoms with E-state index in [0.29, 0.717) is 23.0 Å². The van der Waals surface area contributed by atoms with Crippen LogP contribution in [0, 0.1) is 23.2 Å². The Kier molecular flexibility index (Phi) is 4.70. The molecule has 1 unspecified atom stereocenters. The topological polar surface area (TPSA) is 20.3 Å². The summed E-state index contributed by atoms with van der Waals surface area (Å²) in [7, 11) is 2.11. The molecule has 0 aromatic heterocycles. The molecule has 0 saturated heterocycles. The van der Waals surface area contributed by atoms with Crippen molar-refractivity contribution in [1.82, 2.24) is 4.90 Å². The SMILES string of the molecule is CC(CC12CC3CC(CC(C3)C1)C2)N(C)CC(=O)c1ccc(Cl)cc1. The first kappa shape index (κ1) is 17.5. The van der Waals surface area contributed by atoms with E-state index in [9.17, 15) is 4.79 Å². The second kappa shape index (κ2) is 6.70. The summed E-state index contributed by atoms with van der Waals surface area (Å²) in [5.74, 6) is 3.19. The zero-order valence-corrected chi connectivity index (χ0v) is 16.3. The van der Waals surface area contributed by atoms with Gasteiger partial charge in [-0.3, -0.25) is 9.69 Å². The van der Waals surface area contributed by atoms with Crippen LogP contribution in [-0.4, -0.2) is 30.3 Å². The van der Waals surface area contributed by atoms with Crippen LogP contribution in [0.2, 0.25) is 5.02 Å². The van der Waals surface area contributed by atoms with Crippen molar-refractivity contribution in [3.05, 3.63) is 34.9 Å². The zero-order valence-electron chi connectivity index (χ0n) is 15.5. The lowest BCUT2D eigenvalue weighted by Crippen LogP contribution is -2.49. The number of hydrogen-bond donors (Lipinski definition) is 0. The average molecular weight is 360 g/mol. The molecule has 0 radical (unpaired) electrons. The predicted molar refractivity (Wildman–Crippen MR) is 103 cm³/mol. The Morgan fingerprint density at radius 3 is 2.16 bits per heavy atom. The van der Waals surface area contributed by atoms with E-state index in [0.717, 1.165) is 23.3 Å². The van der Waals surface area contributed by atoms with E-state index >= 15 is 0 Å². The summed E-state index contributed by atoms with van der Waals surface area (Å²) < 4.78 is 0. The number of rotatable bonds is 6. The first-order valence-electron chi connectivity index (χ1n) is 9.91. The van der Waals surface area contributed by atoms with Gasteiger partial charge in [0, 0.05) is 16.6 Å². The lowest BCUT2D eigenvalue weighted by molar-refractivity contribution is -0.0667. The lowest BCUT2D eigenvalue weighted by atomic mass is 9.48. The molecule has 3 heteroatoms. The van der Waals surface area contributed by atoms with Crippen LogP contribution in [0.25, 0.3) is 0 Å². The number of nitrogens with zero attached hydrogens (tertiary/aromatic N) is 1. The van der Waals surface area contributed by atoms with Gasteiger partial charge in [-0.05, 0) is 106 Å². The van der Waals surface area contributed by atoms with Crippen molar-refractivity contribution in [3.8, 4) is 0 Å². The van der Waals surface area contributed by atoms with Crippen LogP contribution in [0.15, 0.2) is 24.3 Å². The molecule has 1 aromatic carbocycles. The smallest absolute Gasteiger partial charge is 0.176 e. The lowest BCUT2D eigenvalue weighted by Gasteiger charge is -2.58. The van der Waals surface area contributed by atoms with Crippen molar-refractivity contribution < 1.29 is 4.79 Å². The van der Waals surface area contributed by atoms with E-state index in [1.165, 1.54) is 44.9 Å². The van der Waals surface area contributed by atoms with E-state index in [2.05, 4.69) is 18.9 Å². The highest BCUT2D eigenvalue weighted by atomic mass is 35.5. The summed E-state index contributed by atoms with van der Waals surface area (Å²) in [6.45, 7) is 2.81. The molecule has 4 aliphatic carbocycles. The van der Waals surface area contributed by atoms with Gasteiger partial charge in [-0.2, -0.15) is 0 Å². The Morgan fingerprint density at radius 2 is 1.64 bits per heavy atom. The largest absolute Gasteiger partial charge is 0.296 e. The van der Waals surface area contributed by atoms with E-state index in [-0.39, 0.29) is 5.78 Å². The summed E-state index contributed by atoms with van der Waals surface area (Å²) in [6.07, 6.45) is 10.1. The fourth-order valence-electron chi connectivity index (χ4n) is 6.43. The highest BCUT2D eigenvalue weighted by Crippen LogP contribution is 2.61. The monoisotopic (exact) mass is 359 g/mol. The normalized spacial score (nSPS) is 34.5. The molecule has 0 amide bonds. The molecule has 4 aliphatic rings. The number of ketones is 1. The third-order valence-corrected chi connectivity index (χ3v) is 7.46. The van der Waals surface area contributed by atoms with Gasteiger partial charge >= 0.3 is 0 Å². The van der Waals surface area contributed by atoms with Crippen LogP contribution >= 0.6 is 11.6 Å². The summed E-state index contributed by atoms with van der Waals surface area (Å²) in [6, 6.07) is 7.73. The van der Waals surface area contributed by atoms with Gasteiger partial charge in [0.1, 0.15) is 0 Å². The van der Waals surface area contributed by atoms with Crippen LogP contribution in [0.5, 0.6) is 0 Å². The minimum absolute atomic E-state index is 0.191. The minimum atomic E-state index is 0.191. The highest BCUT2D eigenvalue weighted by molar-refractivity contribution is 6.30. The molecule has 136 valence electrons. The third kappa shape index (κ3) is 3.66. The molecule has 4 bridgehead atoms. The molecule has 4 fully saturated rings. The maximum atomic E-state index is 12.6. The third-order valence-electron chi connectivity index (χ3n) is 7.21. The first-order chi connectivity index (χ1) is 11.9. The van der Waals surface area contributed by atoms with E-state index in [1.54, 1.807) is 12.1 Å². The molecule has 2 nitrogen and oxygen atoms in total. The van der Waals surface area contributed by atoms with Crippen molar-refractivity contribution in [2.75, 3.05) is 13.6 Å². The Balaban J connectivity index is 1.37. The van der Waals surface area contributed by atoms with Gasteiger partial charge in [-0.1, -0.05) is 11.6 Å². The van der Waals surface area contributed by atoms with Gasteiger partial charge in [0.15, 0.2) is 5.78 Å². The van der Waals surface area contributed by atoms with Crippen molar-refractivity contribution in [1.29, 1.82) is 0 Å². The average Bonchev–Trinajstić information content (AvgIpc) is 2.53. The molecule has 0 aliphatic heterocycles. The van der Waals surface area contributed by atoms with Gasteiger partial charge in [-0.25, -0.2) is 0 Å². The highest BCUT2D eigenvalue weighted by Gasteiger charge is 2.51. The fraction of sp³-hybridized carbons (Fsp3) is 0.682. The molecular formula is C22H30ClNO. The van der Waals surface area contributed by atoms with Gasteiger partial charge in [-0.15, -0.1) is 0 Å². The maximum absolute atomic E-state index is 12.6. The van der Waals surface area contributed by atoms with Crippen molar-refractivity contribution in [2.45, 2.75) is 57.9 Å². The number of halogens is 1. The van der Waals surface area contributed by atoms with Crippen LogP contribution in [0.3, 0.4) is 0 Å². The molecular weight excluding hydrogens is 330 g/mol. The van der Waals surface area contributed by atoms with Gasteiger partial charge in [0.05, 0.1) is 6.54 Å². The molecule has 4 saturated carbocycles. The van der Waals surface area contributed by atoms with E-state index in [1.807, 2.05) is 12.1 Å². The number of carbonyl (C=O) groups excluding carboxylic acids is 1. The number of hydrogen-bond acceptors (Lipinski definition) is 2. The molecule has 0 heterocycles. The molecule has 5 rings (SSSR count). The second-order valence-corrected chi connectivity index (χ2v) is 9.75. The van der Waals surface area contributed by atoms with Gasteiger partial charge in [0.2, 0.25) is 0 Å². The molecule has 25 heavy (non-hydrogen) atoms. The quantitative estimate of drug-likeness (QED) is 0.629. The van der Waals surface area contributed by atoms with Crippen molar-refractivity contribution in [3.63, 3.8) is 0 Å². The predicted octanol–water partition coefficient (Wildman–Crippen LogP) is 5.45. The number of benzene rings is 1.